The molecule has 21 heavy (non-hydrogen) atoms. The van der Waals surface area contributed by atoms with Gasteiger partial charge in [-0.05, 0) is 17.7 Å². The Bertz CT molecular complexity index is 629. The van der Waals surface area contributed by atoms with E-state index >= 15 is 0 Å². The van der Waals surface area contributed by atoms with Crippen molar-refractivity contribution in [3.8, 4) is 0 Å². The number of non-ortho nitro benzene ring substituents is 1. The highest BCUT2D eigenvalue weighted by molar-refractivity contribution is 9.10. The summed E-state index contributed by atoms with van der Waals surface area (Å²) >= 11 is 3.50. The fourth-order valence-corrected chi connectivity index (χ4v) is 2.43. The number of nitrogens with zero attached hydrogens (tertiary/aromatic N) is 1. The lowest BCUT2D eigenvalue weighted by atomic mass is 10.1. The zero-order valence-corrected chi connectivity index (χ0v) is 13.1. The molecule has 1 N–H and O–H groups in total. The summed E-state index contributed by atoms with van der Waals surface area (Å²) in [6, 6.07) is 12.4. The molecule has 0 fully saturated rings. The highest BCUT2D eigenvalue weighted by Crippen LogP contribution is 2.26. The molecular formula is C15H15BrN2O3. The van der Waals surface area contributed by atoms with Gasteiger partial charge in [0.1, 0.15) is 0 Å². The smallest absolute Gasteiger partial charge is 0.269 e. The van der Waals surface area contributed by atoms with E-state index in [0.29, 0.717) is 13.2 Å². The van der Waals surface area contributed by atoms with Gasteiger partial charge in [-0.2, -0.15) is 0 Å². The number of nitro benzene ring substituents is 1. The third-order valence-electron chi connectivity index (χ3n) is 3.04. The van der Waals surface area contributed by atoms with E-state index in [-0.39, 0.29) is 5.69 Å². The standard InChI is InChI=1S/C15H15BrN2O3/c1-21-10-13-14(16)3-2-4-15(13)17-9-11-5-7-12(8-6-11)18(19)20/h2-8,17H,9-10H2,1H3. The van der Waals surface area contributed by atoms with Gasteiger partial charge in [0.15, 0.2) is 0 Å². The first-order valence-electron chi connectivity index (χ1n) is 6.35. The number of ether oxygens (including phenoxy) is 1. The van der Waals surface area contributed by atoms with Crippen molar-refractivity contribution in [3.63, 3.8) is 0 Å². The quantitative estimate of drug-likeness (QED) is 0.628. The molecule has 0 aliphatic carbocycles. The van der Waals surface area contributed by atoms with E-state index in [4.69, 9.17) is 4.74 Å². The molecule has 0 saturated carbocycles. The predicted octanol–water partition coefficient (Wildman–Crippen LogP) is 4.12. The van der Waals surface area contributed by atoms with E-state index in [1.165, 1.54) is 12.1 Å². The molecule has 0 aliphatic rings. The highest BCUT2D eigenvalue weighted by atomic mass is 79.9. The SMILES string of the molecule is COCc1c(Br)cccc1NCc1ccc([N+](=O)[O-])cc1. The summed E-state index contributed by atoms with van der Waals surface area (Å²) < 4.78 is 6.18. The highest BCUT2D eigenvalue weighted by Gasteiger charge is 2.07. The fraction of sp³-hybridized carbons (Fsp3) is 0.200. The van der Waals surface area contributed by atoms with Gasteiger partial charge in [0.25, 0.3) is 5.69 Å². The maximum absolute atomic E-state index is 10.6. The molecule has 2 rings (SSSR count). The normalized spacial score (nSPS) is 10.4. The van der Waals surface area contributed by atoms with Gasteiger partial charge < -0.3 is 10.1 Å². The predicted molar refractivity (Wildman–Crippen MR) is 85.3 cm³/mol. The fourth-order valence-electron chi connectivity index (χ4n) is 1.95. The molecule has 2 aromatic rings. The number of rotatable bonds is 6. The minimum Gasteiger partial charge on any atom is -0.381 e. The van der Waals surface area contributed by atoms with Crippen molar-refractivity contribution in [1.82, 2.24) is 0 Å². The Labute approximate surface area is 131 Å². The molecule has 110 valence electrons. The minimum atomic E-state index is -0.401. The van der Waals surface area contributed by atoms with E-state index in [2.05, 4.69) is 21.2 Å². The molecule has 0 saturated heterocycles. The molecule has 0 heterocycles. The van der Waals surface area contributed by atoms with Crippen LogP contribution in [0.1, 0.15) is 11.1 Å². The molecule has 2 aromatic carbocycles. The van der Waals surface area contributed by atoms with Crippen LogP contribution < -0.4 is 5.32 Å². The number of nitrogens with one attached hydrogen (secondary N) is 1. The summed E-state index contributed by atoms with van der Waals surface area (Å²) in [6.45, 7) is 1.09. The number of anilines is 1. The molecule has 0 spiro atoms. The number of hydrogen-bond donors (Lipinski definition) is 1. The van der Waals surface area contributed by atoms with E-state index in [0.717, 1.165) is 21.3 Å². The Kier molecular flexibility index (Phi) is 5.30. The van der Waals surface area contributed by atoms with Crippen molar-refractivity contribution in [2.24, 2.45) is 0 Å². The van der Waals surface area contributed by atoms with Crippen LogP contribution in [0.25, 0.3) is 0 Å². The van der Waals surface area contributed by atoms with Crippen LogP contribution in [0, 0.1) is 10.1 Å². The molecular weight excluding hydrogens is 336 g/mol. The van der Waals surface area contributed by atoms with Crippen LogP contribution in [0.5, 0.6) is 0 Å². The number of nitro groups is 1. The molecule has 5 nitrogen and oxygen atoms in total. The first-order chi connectivity index (χ1) is 10.1. The van der Waals surface area contributed by atoms with Gasteiger partial charge in [0, 0.05) is 41.5 Å². The Morgan fingerprint density at radius 3 is 2.57 bits per heavy atom. The van der Waals surface area contributed by atoms with Crippen molar-refractivity contribution >= 4 is 27.3 Å². The summed E-state index contributed by atoms with van der Waals surface area (Å²) in [6.07, 6.45) is 0. The molecule has 0 unspecified atom stereocenters. The summed E-state index contributed by atoms with van der Waals surface area (Å²) in [5.74, 6) is 0. The Balaban J connectivity index is 2.09. The van der Waals surface area contributed by atoms with Crippen molar-refractivity contribution in [1.29, 1.82) is 0 Å². The van der Waals surface area contributed by atoms with E-state index in [9.17, 15) is 10.1 Å². The van der Waals surface area contributed by atoms with Crippen molar-refractivity contribution in [3.05, 3.63) is 68.2 Å². The maximum Gasteiger partial charge on any atom is 0.269 e. The lowest BCUT2D eigenvalue weighted by Crippen LogP contribution is -2.04. The van der Waals surface area contributed by atoms with Crippen LogP contribution in [0.4, 0.5) is 11.4 Å². The Morgan fingerprint density at radius 2 is 1.95 bits per heavy atom. The monoisotopic (exact) mass is 350 g/mol. The molecule has 0 aromatic heterocycles. The second-order valence-corrected chi connectivity index (χ2v) is 5.33. The second kappa shape index (κ2) is 7.19. The summed E-state index contributed by atoms with van der Waals surface area (Å²) in [4.78, 5) is 10.2. The molecule has 0 bridgehead atoms. The molecule has 0 radical (unpaired) electrons. The zero-order chi connectivity index (χ0) is 15.2. The van der Waals surface area contributed by atoms with Crippen LogP contribution in [0.3, 0.4) is 0 Å². The van der Waals surface area contributed by atoms with Crippen LogP contribution in [-0.4, -0.2) is 12.0 Å². The first kappa shape index (κ1) is 15.5. The van der Waals surface area contributed by atoms with Crippen LogP contribution >= 0.6 is 15.9 Å². The molecule has 0 aliphatic heterocycles. The van der Waals surface area contributed by atoms with Gasteiger partial charge in [-0.1, -0.05) is 34.1 Å². The van der Waals surface area contributed by atoms with E-state index < -0.39 is 4.92 Å². The summed E-state index contributed by atoms with van der Waals surface area (Å²) in [7, 11) is 1.65. The Morgan fingerprint density at radius 1 is 1.24 bits per heavy atom. The summed E-state index contributed by atoms with van der Waals surface area (Å²) in [5.41, 5.74) is 3.09. The van der Waals surface area contributed by atoms with Crippen LogP contribution in [0.2, 0.25) is 0 Å². The van der Waals surface area contributed by atoms with Gasteiger partial charge in [0.05, 0.1) is 11.5 Å². The van der Waals surface area contributed by atoms with Crippen molar-refractivity contribution < 1.29 is 9.66 Å². The molecule has 0 atom stereocenters. The number of benzene rings is 2. The topological polar surface area (TPSA) is 64.4 Å². The molecule has 6 heteroatoms. The van der Waals surface area contributed by atoms with Gasteiger partial charge >= 0.3 is 0 Å². The van der Waals surface area contributed by atoms with Gasteiger partial charge in [-0.15, -0.1) is 0 Å². The maximum atomic E-state index is 10.6. The average Bonchev–Trinajstić information content (AvgIpc) is 2.48. The van der Waals surface area contributed by atoms with E-state index in [1.54, 1.807) is 19.2 Å². The van der Waals surface area contributed by atoms with Gasteiger partial charge in [-0.3, -0.25) is 10.1 Å². The lowest BCUT2D eigenvalue weighted by molar-refractivity contribution is -0.384. The third kappa shape index (κ3) is 4.03. The minimum absolute atomic E-state index is 0.0984. The van der Waals surface area contributed by atoms with Crippen molar-refractivity contribution in [2.45, 2.75) is 13.2 Å². The van der Waals surface area contributed by atoms with E-state index in [1.807, 2.05) is 18.2 Å². The summed E-state index contributed by atoms with van der Waals surface area (Å²) in [5, 5.41) is 13.9. The van der Waals surface area contributed by atoms with Gasteiger partial charge in [0.2, 0.25) is 0 Å². The van der Waals surface area contributed by atoms with Crippen LogP contribution in [0.15, 0.2) is 46.9 Å². The lowest BCUT2D eigenvalue weighted by Gasteiger charge is -2.13. The van der Waals surface area contributed by atoms with Gasteiger partial charge in [-0.25, -0.2) is 0 Å². The van der Waals surface area contributed by atoms with Crippen LogP contribution in [-0.2, 0) is 17.9 Å². The largest absolute Gasteiger partial charge is 0.381 e. The third-order valence-corrected chi connectivity index (χ3v) is 3.78. The number of halogens is 1. The first-order valence-corrected chi connectivity index (χ1v) is 7.14. The molecule has 0 amide bonds. The Hall–Kier alpha value is -1.92. The average molecular weight is 351 g/mol. The second-order valence-electron chi connectivity index (χ2n) is 4.48. The zero-order valence-electron chi connectivity index (χ0n) is 11.5. The number of hydrogen-bond acceptors (Lipinski definition) is 4. The van der Waals surface area contributed by atoms with Crippen molar-refractivity contribution in [2.75, 3.05) is 12.4 Å². The number of methoxy groups -OCH3 is 1.